The first-order valence-corrected chi connectivity index (χ1v) is 8.10. The molecule has 0 spiro atoms. The van der Waals surface area contributed by atoms with Crippen LogP contribution in [0.25, 0.3) is 0 Å². The summed E-state index contributed by atoms with van der Waals surface area (Å²) in [4.78, 5) is 0. The molecule has 0 bridgehead atoms. The molecule has 1 unspecified atom stereocenters. The van der Waals surface area contributed by atoms with Gasteiger partial charge in [-0.2, -0.15) is 10.4 Å². The minimum absolute atomic E-state index is 0.0728. The molecule has 5 nitrogen and oxygen atoms in total. The molecule has 1 aliphatic heterocycles. The van der Waals surface area contributed by atoms with Crippen LogP contribution in [0.1, 0.15) is 42.5 Å². The Hall–Kier alpha value is -1.06. The molecule has 1 aliphatic carbocycles. The van der Waals surface area contributed by atoms with Crippen LogP contribution < -0.4 is 0 Å². The van der Waals surface area contributed by atoms with Crippen LogP contribution in [0.3, 0.4) is 0 Å². The van der Waals surface area contributed by atoms with Crippen LogP contribution in [0.2, 0.25) is 5.15 Å². The molecule has 2 fully saturated rings. The van der Waals surface area contributed by atoms with Crippen LogP contribution in [0, 0.1) is 11.3 Å². The van der Waals surface area contributed by atoms with Crippen molar-refractivity contribution in [2.75, 3.05) is 11.5 Å². The lowest BCUT2D eigenvalue weighted by atomic mass is 10.2. The Morgan fingerprint density at radius 2 is 2.11 bits per heavy atom. The summed E-state index contributed by atoms with van der Waals surface area (Å²) in [6.07, 6.45) is 2.59. The van der Waals surface area contributed by atoms with E-state index < -0.39 is 9.84 Å². The number of hydrogen-bond donors (Lipinski definition) is 0. The predicted molar refractivity (Wildman–Crippen MR) is 66.2 cm³/mol. The van der Waals surface area contributed by atoms with Gasteiger partial charge in [0.05, 0.1) is 23.2 Å². The number of halogens is 1. The Kier molecular flexibility index (Phi) is 2.65. The number of nitriles is 1. The molecule has 96 valence electrons. The third kappa shape index (κ3) is 1.91. The van der Waals surface area contributed by atoms with Crippen molar-refractivity contribution in [3.05, 3.63) is 16.4 Å². The fraction of sp³-hybridized carbons (Fsp3) is 0.636. The highest BCUT2D eigenvalue weighted by molar-refractivity contribution is 7.91. The molecule has 1 saturated carbocycles. The highest BCUT2D eigenvalue weighted by Gasteiger charge is 2.36. The largest absolute Gasteiger partial charge is 0.248 e. The standard InChI is InChI=1S/C11H12ClN3O2S/c12-11-9(5-13)10(7-1-2-7)14-15(11)8-3-4-18(16,17)6-8/h7-8H,1-4,6H2. The van der Waals surface area contributed by atoms with Gasteiger partial charge >= 0.3 is 0 Å². The van der Waals surface area contributed by atoms with Crippen molar-refractivity contribution in [3.8, 4) is 6.07 Å². The van der Waals surface area contributed by atoms with Crippen LogP contribution in [-0.4, -0.2) is 29.7 Å². The summed E-state index contributed by atoms with van der Waals surface area (Å²) < 4.78 is 24.5. The molecule has 1 aromatic rings. The van der Waals surface area contributed by atoms with E-state index in [9.17, 15) is 8.42 Å². The smallest absolute Gasteiger partial charge is 0.152 e. The summed E-state index contributed by atoms with van der Waals surface area (Å²) in [7, 11) is -2.98. The quantitative estimate of drug-likeness (QED) is 0.828. The van der Waals surface area contributed by atoms with Crippen LogP contribution in [0.4, 0.5) is 0 Å². The van der Waals surface area contributed by atoms with Gasteiger partial charge in [0.25, 0.3) is 0 Å². The fourth-order valence-corrected chi connectivity index (χ4v) is 4.39. The molecule has 2 aliphatic rings. The predicted octanol–water partition coefficient (Wildman–Crippen LogP) is 1.65. The number of sulfone groups is 1. The maximum atomic E-state index is 11.5. The molecule has 1 aromatic heterocycles. The van der Waals surface area contributed by atoms with Gasteiger partial charge in [-0.15, -0.1) is 0 Å². The maximum absolute atomic E-state index is 11.5. The van der Waals surface area contributed by atoms with Gasteiger partial charge in [-0.3, -0.25) is 0 Å². The second-order valence-corrected chi connectivity index (χ2v) is 7.53. The maximum Gasteiger partial charge on any atom is 0.152 e. The monoisotopic (exact) mass is 285 g/mol. The molecular weight excluding hydrogens is 274 g/mol. The van der Waals surface area contributed by atoms with Crippen molar-refractivity contribution in [2.45, 2.75) is 31.2 Å². The van der Waals surface area contributed by atoms with Gasteiger partial charge in [0.1, 0.15) is 16.8 Å². The molecule has 2 heterocycles. The van der Waals surface area contributed by atoms with E-state index in [4.69, 9.17) is 16.9 Å². The van der Waals surface area contributed by atoms with E-state index in [1.54, 1.807) is 0 Å². The van der Waals surface area contributed by atoms with Gasteiger partial charge in [-0.05, 0) is 19.3 Å². The first-order chi connectivity index (χ1) is 8.52. The van der Waals surface area contributed by atoms with E-state index in [1.807, 2.05) is 0 Å². The molecule has 0 radical (unpaired) electrons. The molecule has 0 aromatic carbocycles. The summed E-state index contributed by atoms with van der Waals surface area (Å²) in [6.45, 7) is 0. The minimum atomic E-state index is -2.98. The van der Waals surface area contributed by atoms with Crippen molar-refractivity contribution in [1.29, 1.82) is 5.26 Å². The van der Waals surface area contributed by atoms with Crippen molar-refractivity contribution >= 4 is 21.4 Å². The van der Waals surface area contributed by atoms with Crippen LogP contribution in [0.5, 0.6) is 0 Å². The van der Waals surface area contributed by atoms with Gasteiger partial charge in [0.2, 0.25) is 0 Å². The normalized spacial score (nSPS) is 26.1. The fourth-order valence-electron chi connectivity index (χ4n) is 2.39. The lowest BCUT2D eigenvalue weighted by Gasteiger charge is -2.09. The van der Waals surface area contributed by atoms with Crippen molar-refractivity contribution < 1.29 is 8.42 Å². The number of hydrogen-bond acceptors (Lipinski definition) is 4. The Balaban J connectivity index is 2.01. The van der Waals surface area contributed by atoms with Crippen LogP contribution in [0.15, 0.2) is 0 Å². The first kappa shape index (κ1) is 12.0. The molecule has 0 amide bonds. The highest BCUT2D eigenvalue weighted by Crippen LogP contribution is 2.43. The lowest BCUT2D eigenvalue weighted by molar-refractivity contribution is 0.495. The van der Waals surface area contributed by atoms with E-state index >= 15 is 0 Å². The second kappa shape index (κ2) is 3.97. The molecule has 0 N–H and O–H groups in total. The average Bonchev–Trinajstić information content (AvgIpc) is 3.01. The Bertz CT molecular complexity index is 640. The zero-order valence-corrected chi connectivity index (χ0v) is 11.2. The molecule has 7 heteroatoms. The summed E-state index contributed by atoms with van der Waals surface area (Å²) in [5.74, 6) is 0.578. The Morgan fingerprint density at radius 3 is 2.61 bits per heavy atom. The minimum Gasteiger partial charge on any atom is -0.248 e. The van der Waals surface area contributed by atoms with Gasteiger partial charge in [0.15, 0.2) is 9.84 Å². The number of rotatable bonds is 2. The van der Waals surface area contributed by atoms with E-state index in [0.29, 0.717) is 23.1 Å². The first-order valence-electron chi connectivity index (χ1n) is 5.90. The van der Waals surface area contributed by atoms with E-state index in [-0.39, 0.29) is 17.5 Å². The molecule has 1 saturated heterocycles. The lowest BCUT2D eigenvalue weighted by Crippen LogP contribution is -2.12. The van der Waals surface area contributed by atoms with E-state index in [1.165, 1.54) is 4.68 Å². The Morgan fingerprint density at radius 1 is 1.39 bits per heavy atom. The average molecular weight is 286 g/mol. The highest BCUT2D eigenvalue weighted by atomic mass is 35.5. The van der Waals surface area contributed by atoms with Crippen molar-refractivity contribution in [3.63, 3.8) is 0 Å². The topological polar surface area (TPSA) is 75.8 Å². The Labute approximate surface area is 110 Å². The van der Waals surface area contributed by atoms with Crippen molar-refractivity contribution in [1.82, 2.24) is 9.78 Å². The summed E-state index contributed by atoms with van der Waals surface area (Å²) >= 11 is 6.16. The second-order valence-electron chi connectivity index (χ2n) is 4.94. The van der Waals surface area contributed by atoms with Gasteiger partial charge in [-0.1, -0.05) is 11.6 Å². The summed E-state index contributed by atoms with van der Waals surface area (Å²) in [5.41, 5.74) is 1.16. The van der Waals surface area contributed by atoms with Crippen LogP contribution >= 0.6 is 11.6 Å². The van der Waals surface area contributed by atoms with Crippen molar-refractivity contribution in [2.24, 2.45) is 0 Å². The van der Waals surface area contributed by atoms with Gasteiger partial charge in [0, 0.05) is 5.92 Å². The third-order valence-electron chi connectivity index (χ3n) is 3.51. The van der Waals surface area contributed by atoms with E-state index in [0.717, 1.165) is 18.5 Å². The molecular formula is C11H12ClN3O2S. The zero-order chi connectivity index (χ0) is 12.9. The number of aromatic nitrogens is 2. The van der Waals surface area contributed by atoms with E-state index in [2.05, 4.69) is 11.2 Å². The van der Waals surface area contributed by atoms with Gasteiger partial charge < -0.3 is 0 Å². The molecule has 3 rings (SSSR count). The summed E-state index contributed by atoms with van der Waals surface area (Å²) in [5, 5.41) is 13.8. The zero-order valence-electron chi connectivity index (χ0n) is 9.63. The molecule has 1 atom stereocenters. The van der Waals surface area contributed by atoms with Gasteiger partial charge in [-0.25, -0.2) is 13.1 Å². The third-order valence-corrected chi connectivity index (χ3v) is 5.62. The molecule has 18 heavy (non-hydrogen) atoms. The summed E-state index contributed by atoms with van der Waals surface area (Å²) in [6, 6.07) is 1.86. The SMILES string of the molecule is N#Cc1c(C2CC2)nn(C2CCS(=O)(=O)C2)c1Cl. The number of nitrogens with zero attached hydrogens (tertiary/aromatic N) is 3. The van der Waals surface area contributed by atoms with Crippen LogP contribution in [-0.2, 0) is 9.84 Å².